The van der Waals surface area contributed by atoms with Gasteiger partial charge in [-0.2, -0.15) is 18.3 Å². The molecule has 3 rings (SSSR count). The Hall–Kier alpha value is -3.62. The third-order valence-corrected chi connectivity index (χ3v) is 3.91. The minimum atomic E-state index is -4.64. The molecule has 2 N–H and O–H groups in total. The number of alkyl halides is 3. The van der Waals surface area contributed by atoms with Crippen molar-refractivity contribution in [2.45, 2.75) is 19.5 Å². The van der Waals surface area contributed by atoms with Crippen LogP contribution in [-0.4, -0.2) is 27.9 Å². The van der Waals surface area contributed by atoms with Crippen LogP contribution in [0.1, 0.15) is 24.6 Å². The van der Waals surface area contributed by atoms with Gasteiger partial charge in [0.15, 0.2) is 17.3 Å². The van der Waals surface area contributed by atoms with E-state index in [1.807, 2.05) is 6.92 Å². The monoisotopic (exact) mass is 416 g/mol. The molecule has 0 atom stereocenters. The molecule has 1 heterocycles. The number of ether oxygens (including phenoxy) is 1. The zero-order valence-electron chi connectivity index (χ0n) is 16.0. The zero-order valence-corrected chi connectivity index (χ0v) is 16.0. The maximum atomic E-state index is 13.2. The molecule has 0 aliphatic heterocycles. The quantitative estimate of drug-likeness (QED) is 0.414. The van der Waals surface area contributed by atoms with Crippen molar-refractivity contribution in [2.24, 2.45) is 5.10 Å². The van der Waals surface area contributed by atoms with Crippen molar-refractivity contribution >= 4 is 12.0 Å². The van der Waals surface area contributed by atoms with E-state index >= 15 is 0 Å². The summed E-state index contributed by atoms with van der Waals surface area (Å²) in [5.74, 6) is 0.230. The van der Waals surface area contributed by atoms with Crippen LogP contribution < -0.4 is 10.2 Å². The minimum absolute atomic E-state index is 0.0715. The molecule has 0 fully saturated rings. The number of phenolic OH excluding ortho intramolecular Hbond substituents is 1. The van der Waals surface area contributed by atoms with Gasteiger partial charge in [-0.05, 0) is 18.6 Å². The summed E-state index contributed by atoms with van der Waals surface area (Å²) in [6.45, 7) is 2.49. The normalized spacial score (nSPS) is 11.6. The number of nitrogens with zero attached hydrogens (tertiary/aromatic N) is 3. The lowest BCUT2D eigenvalue weighted by molar-refractivity contribution is -0.141. The fraction of sp³-hybridized carbons (Fsp3) is 0.190. The zero-order chi connectivity index (χ0) is 21.6. The number of rotatable bonds is 7. The van der Waals surface area contributed by atoms with Gasteiger partial charge in [-0.15, -0.1) is 0 Å². The van der Waals surface area contributed by atoms with Crippen molar-refractivity contribution in [3.05, 3.63) is 65.9 Å². The SMILES string of the molecule is CCCOc1ccc(/C=N/Nc2cc(C(F)(F)F)nc(-c3ccccc3)n2)c(O)c1. The number of hydrogen-bond donors (Lipinski definition) is 2. The number of phenols is 1. The summed E-state index contributed by atoms with van der Waals surface area (Å²) in [5.41, 5.74) is 2.18. The van der Waals surface area contributed by atoms with Gasteiger partial charge in [-0.25, -0.2) is 9.97 Å². The van der Waals surface area contributed by atoms with Gasteiger partial charge >= 0.3 is 6.18 Å². The molecule has 156 valence electrons. The lowest BCUT2D eigenvalue weighted by Crippen LogP contribution is -2.11. The Balaban J connectivity index is 1.82. The summed E-state index contributed by atoms with van der Waals surface area (Å²) in [4.78, 5) is 7.71. The van der Waals surface area contributed by atoms with Crippen LogP contribution in [0, 0.1) is 0 Å². The van der Waals surface area contributed by atoms with E-state index in [2.05, 4.69) is 20.5 Å². The Morgan fingerprint density at radius 3 is 2.53 bits per heavy atom. The van der Waals surface area contributed by atoms with E-state index < -0.39 is 11.9 Å². The summed E-state index contributed by atoms with van der Waals surface area (Å²) in [6, 6.07) is 13.8. The summed E-state index contributed by atoms with van der Waals surface area (Å²) in [6.07, 6.45) is -2.53. The first-order valence-corrected chi connectivity index (χ1v) is 9.13. The Kier molecular flexibility index (Phi) is 6.51. The van der Waals surface area contributed by atoms with E-state index in [0.717, 1.165) is 12.5 Å². The van der Waals surface area contributed by atoms with Crippen LogP contribution in [0.5, 0.6) is 11.5 Å². The highest BCUT2D eigenvalue weighted by Gasteiger charge is 2.33. The first-order valence-electron chi connectivity index (χ1n) is 9.13. The van der Waals surface area contributed by atoms with E-state index in [9.17, 15) is 18.3 Å². The van der Waals surface area contributed by atoms with Crippen molar-refractivity contribution in [2.75, 3.05) is 12.0 Å². The largest absolute Gasteiger partial charge is 0.507 e. The van der Waals surface area contributed by atoms with Crippen LogP contribution in [0.4, 0.5) is 19.0 Å². The third-order valence-electron chi connectivity index (χ3n) is 3.91. The van der Waals surface area contributed by atoms with Gasteiger partial charge in [0.05, 0.1) is 12.8 Å². The van der Waals surface area contributed by atoms with Crippen LogP contribution in [0.2, 0.25) is 0 Å². The number of hydrazone groups is 1. The van der Waals surface area contributed by atoms with Crippen molar-refractivity contribution < 1.29 is 23.0 Å². The van der Waals surface area contributed by atoms with Crippen molar-refractivity contribution in [1.82, 2.24) is 9.97 Å². The lowest BCUT2D eigenvalue weighted by Gasteiger charge is -2.10. The van der Waals surface area contributed by atoms with Gasteiger partial charge in [0.25, 0.3) is 0 Å². The van der Waals surface area contributed by atoms with E-state index in [1.165, 1.54) is 12.3 Å². The fourth-order valence-corrected chi connectivity index (χ4v) is 2.48. The predicted octanol–water partition coefficient (Wildman–Crippen LogP) is 5.10. The van der Waals surface area contributed by atoms with Crippen LogP contribution >= 0.6 is 0 Å². The number of benzene rings is 2. The van der Waals surface area contributed by atoms with Gasteiger partial charge in [-0.3, -0.25) is 5.43 Å². The fourth-order valence-electron chi connectivity index (χ4n) is 2.48. The van der Waals surface area contributed by atoms with E-state index in [4.69, 9.17) is 4.74 Å². The maximum Gasteiger partial charge on any atom is 0.433 e. The molecular weight excluding hydrogens is 397 g/mol. The summed E-state index contributed by atoms with van der Waals surface area (Å²) >= 11 is 0. The molecule has 9 heteroatoms. The molecule has 0 unspecified atom stereocenters. The molecule has 0 spiro atoms. The second kappa shape index (κ2) is 9.25. The molecular formula is C21H19F3N4O2. The molecule has 30 heavy (non-hydrogen) atoms. The number of anilines is 1. The molecule has 0 bridgehead atoms. The summed E-state index contributed by atoms with van der Waals surface area (Å²) in [7, 11) is 0. The molecule has 0 aliphatic rings. The second-order valence-electron chi connectivity index (χ2n) is 6.26. The molecule has 0 radical (unpaired) electrons. The van der Waals surface area contributed by atoms with E-state index in [1.54, 1.807) is 42.5 Å². The highest BCUT2D eigenvalue weighted by molar-refractivity contribution is 5.84. The molecule has 6 nitrogen and oxygen atoms in total. The summed E-state index contributed by atoms with van der Waals surface area (Å²) in [5, 5.41) is 13.9. The molecule has 0 saturated heterocycles. The Labute approximate surface area is 171 Å². The smallest absolute Gasteiger partial charge is 0.433 e. The van der Waals surface area contributed by atoms with E-state index in [0.29, 0.717) is 23.5 Å². The van der Waals surface area contributed by atoms with Gasteiger partial charge in [0, 0.05) is 23.3 Å². The van der Waals surface area contributed by atoms with Crippen molar-refractivity contribution in [3.63, 3.8) is 0 Å². The number of halogens is 3. The van der Waals surface area contributed by atoms with E-state index in [-0.39, 0.29) is 17.4 Å². The number of aromatic nitrogens is 2. The molecule has 0 amide bonds. The van der Waals surface area contributed by atoms with Crippen LogP contribution in [-0.2, 0) is 6.18 Å². The summed E-state index contributed by atoms with van der Waals surface area (Å²) < 4.78 is 45.1. The Morgan fingerprint density at radius 1 is 1.10 bits per heavy atom. The van der Waals surface area contributed by atoms with Crippen molar-refractivity contribution in [3.8, 4) is 22.9 Å². The molecule has 0 aliphatic carbocycles. The topological polar surface area (TPSA) is 79.6 Å². The molecule has 3 aromatic rings. The van der Waals surface area contributed by atoms with Gasteiger partial charge in [-0.1, -0.05) is 37.3 Å². The second-order valence-corrected chi connectivity index (χ2v) is 6.26. The van der Waals surface area contributed by atoms with Crippen LogP contribution in [0.15, 0.2) is 59.7 Å². The van der Waals surface area contributed by atoms with Gasteiger partial charge in [0.1, 0.15) is 11.5 Å². The molecule has 0 saturated carbocycles. The minimum Gasteiger partial charge on any atom is -0.507 e. The number of nitrogens with one attached hydrogen (secondary N) is 1. The predicted molar refractivity (Wildman–Crippen MR) is 108 cm³/mol. The standard InChI is InChI=1S/C21H19F3N4O2/c1-2-10-30-16-9-8-15(17(29)11-16)13-25-28-19-12-18(21(22,23)24)26-20(27-19)14-6-4-3-5-7-14/h3-9,11-13,29H,2,10H2,1H3,(H,26,27,28)/b25-13+. The van der Waals surface area contributed by atoms with Crippen molar-refractivity contribution in [1.29, 1.82) is 0 Å². The first-order chi connectivity index (χ1) is 14.4. The first kappa shape index (κ1) is 21.1. The Morgan fingerprint density at radius 2 is 1.87 bits per heavy atom. The molecule has 2 aromatic carbocycles. The van der Waals surface area contributed by atoms with Crippen LogP contribution in [0.3, 0.4) is 0 Å². The van der Waals surface area contributed by atoms with Crippen LogP contribution in [0.25, 0.3) is 11.4 Å². The average molecular weight is 416 g/mol. The molecule has 1 aromatic heterocycles. The van der Waals surface area contributed by atoms with Gasteiger partial charge < -0.3 is 9.84 Å². The average Bonchev–Trinajstić information content (AvgIpc) is 2.73. The lowest BCUT2D eigenvalue weighted by atomic mass is 10.2. The highest BCUT2D eigenvalue weighted by atomic mass is 19.4. The van der Waals surface area contributed by atoms with Gasteiger partial charge in [0.2, 0.25) is 0 Å². The Bertz CT molecular complexity index is 1020. The maximum absolute atomic E-state index is 13.2. The third kappa shape index (κ3) is 5.47. The number of hydrogen-bond acceptors (Lipinski definition) is 6. The highest BCUT2D eigenvalue weighted by Crippen LogP contribution is 2.30. The number of aromatic hydroxyl groups is 1.